The molecule has 2 heterocycles. The molecule has 3 rings (SSSR count). The Labute approximate surface area is 142 Å². The van der Waals surface area contributed by atoms with E-state index >= 15 is 0 Å². The summed E-state index contributed by atoms with van der Waals surface area (Å²) in [6.45, 7) is 3.56. The quantitative estimate of drug-likeness (QED) is 0.756. The zero-order valence-corrected chi connectivity index (χ0v) is 14.5. The molecule has 0 fully saturated rings. The molecule has 2 N–H and O–H groups in total. The highest BCUT2D eigenvalue weighted by Gasteiger charge is 2.11. The Morgan fingerprint density at radius 2 is 1.79 bits per heavy atom. The van der Waals surface area contributed by atoms with Crippen LogP contribution in [0.4, 0.5) is 0 Å². The molecule has 0 aliphatic heterocycles. The van der Waals surface area contributed by atoms with Crippen LogP contribution in [0.1, 0.15) is 12.7 Å². The van der Waals surface area contributed by atoms with Crippen LogP contribution in [0.2, 0.25) is 0 Å². The third-order valence-corrected chi connectivity index (χ3v) is 3.28. The van der Waals surface area contributed by atoms with Crippen molar-refractivity contribution in [2.24, 2.45) is 0 Å². The van der Waals surface area contributed by atoms with Crippen molar-refractivity contribution < 1.29 is 9.90 Å². The van der Waals surface area contributed by atoms with Crippen molar-refractivity contribution in [2.45, 2.75) is 19.9 Å². The van der Waals surface area contributed by atoms with E-state index in [9.17, 15) is 4.79 Å². The van der Waals surface area contributed by atoms with E-state index in [-0.39, 0.29) is 6.04 Å². The van der Waals surface area contributed by atoms with E-state index in [1.165, 1.54) is 5.39 Å². The van der Waals surface area contributed by atoms with Crippen molar-refractivity contribution in [3.05, 3.63) is 60.8 Å². The van der Waals surface area contributed by atoms with Crippen molar-refractivity contribution in [1.82, 2.24) is 19.9 Å². The molecule has 0 aliphatic carbocycles. The summed E-state index contributed by atoms with van der Waals surface area (Å²) in [4.78, 5) is 22.7. The van der Waals surface area contributed by atoms with Gasteiger partial charge in [0.25, 0.3) is 0 Å². The van der Waals surface area contributed by atoms with Crippen LogP contribution in [-0.2, 0) is 4.79 Å². The molecule has 1 atom stereocenters. The largest absolute Gasteiger partial charge is 0.480 e. The van der Waals surface area contributed by atoms with Gasteiger partial charge in [-0.2, -0.15) is 0 Å². The Morgan fingerprint density at radius 1 is 1.12 bits per heavy atom. The van der Waals surface area contributed by atoms with Crippen LogP contribution >= 0.6 is 0 Å². The number of H-pyrrole nitrogens is 1. The van der Waals surface area contributed by atoms with Gasteiger partial charge in [0.15, 0.2) is 0 Å². The second-order valence-electron chi connectivity index (χ2n) is 5.35. The maximum absolute atomic E-state index is 10.1. The number of carboxylic acid groups (broad SMARTS) is 1. The van der Waals surface area contributed by atoms with Gasteiger partial charge in [-0.15, -0.1) is 0 Å². The summed E-state index contributed by atoms with van der Waals surface area (Å²) >= 11 is 0. The number of nitrogens with one attached hydrogen (secondary N) is 1. The summed E-state index contributed by atoms with van der Waals surface area (Å²) in [7, 11) is 3.47. The fraction of sp³-hybridized carbons (Fsp3) is 0.278. The van der Waals surface area contributed by atoms with E-state index in [1.54, 1.807) is 38.3 Å². The first kappa shape index (κ1) is 19.3. The van der Waals surface area contributed by atoms with Crippen molar-refractivity contribution in [3.63, 3.8) is 0 Å². The maximum Gasteiger partial charge on any atom is 0.320 e. The highest BCUT2D eigenvalue weighted by atomic mass is 16.4. The second-order valence-corrected chi connectivity index (χ2v) is 5.35. The van der Waals surface area contributed by atoms with E-state index in [4.69, 9.17) is 5.11 Å². The Bertz CT molecular complexity index is 661. The highest BCUT2D eigenvalue weighted by Crippen LogP contribution is 2.07. The predicted molar refractivity (Wildman–Crippen MR) is 95.9 cm³/mol. The number of aromatic amines is 1. The van der Waals surface area contributed by atoms with Gasteiger partial charge in [-0.1, -0.05) is 24.3 Å². The molecule has 1 unspecified atom stereocenters. The minimum Gasteiger partial charge on any atom is -0.480 e. The number of carbonyl (C=O) groups is 1. The summed E-state index contributed by atoms with van der Waals surface area (Å²) in [5.74, 6) is 0.185. The number of carboxylic acids is 1. The molecule has 128 valence electrons. The topological polar surface area (TPSA) is 82.1 Å². The molecule has 0 saturated heterocycles. The lowest BCUT2D eigenvalue weighted by Crippen LogP contribution is -2.32. The van der Waals surface area contributed by atoms with E-state index in [1.807, 2.05) is 37.4 Å². The Hall–Kier alpha value is -2.73. The maximum atomic E-state index is 10.1. The van der Waals surface area contributed by atoms with Crippen molar-refractivity contribution in [3.8, 4) is 0 Å². The molecule has 0 aliphatic rings. The van der Waals surface area contributed by atoms with Gasteiger partial charge in [-0.3, -0.25) is 14.7 Å². The van der Waals surface area contributed by atoms with E-state index in [0.29, 0.717) is 0 Å². The summed E-state index contributed by atoms with van der Waals surface area (Å²) in [6.07, 6.45) is 5.34. The molecule has 0 spiro atoms. The number of aliphatic carboxylic acids is 1. The number of pyridine rings is 1. The molecular weight excluding hydrogens is 304 g/mol. The molecule has 24 heavy (non-hydrogen) atoms. The summed E-state index contributed by atoms with van der Waals surface area (Å²) in [6, 6.07) is 11.7. The van der Waals surface area contributed by atoms with Gasteiger partial charge >= 0.3 is 5.97 Å². The average Bonchev–Trinajstić information content (AvgIpc) is 3.06. The van der Waals surface area contributed by atoms with Crippen LogP contribution in [0.15, 0.2) is 55.0 Å². The predicted octanol–water partition coefficient (Wildman–Crippen LogP) is 2.97. The molecule has 3 aromatic rings. The number of fused-ring (bicyclic) bond motifs is 1. The van der Waals surface area contributed by atoms with Crippen molar-refractivity contribution in [2.75, 3.05) is 14.1 Å². The van der Waals surface area contributed by atoms with Gasteiger partial charge in [-0.25, -0.2) is 4.98 Å². The molecule has 0 bridgehead atoms. The lowest BCUT2D eigenvalue weighted by molar-refractivity contribution is -0.141. The fourth-order valence-electron chi connectivity index (χ4n) is 1.58. The normalized spacial score (nSPS) is 11.0. The Balaban J connectivity index is 0.000000187. The summed E-state index contributed by atoms with van der Waals surface area (Å²) in [5, 5.41) is 9.51. The van der Waals surface area contributed by atoms with Crippen LogP contribution in [-0.4, -0.2) is 51.1 Å². The summed E-state index contributed by atoms with van der Waals surface area (Å²) in [5.41, 5.74) is 1.06. The third-order valence-electron chi connectivity index (χ3n) is 3.28. The van der Waals surface area contributed by atoms with Crippen LogP contribution < -0.4 is 0 Å². The number of likely N-dealkylation sites (N-methyl/N-ethyl adjacent to an activating group) is 1. The fourth-order valence-corrected chi connectivity index (χ4v) is 1.58. The zero-order chi connectivity index (χ0) is 17.9. The number of hydrogen-bond acceptors (Lipinski definition) is 4. The first-order valence-electron chi connectivity index (χ1n) is 7.56. The van der Waals surface area contributed by atoms with Gasteiger partial charge in [-0.05, 0) is 40.1 Å². The minimum absolute atomic E-state index is 0.380. The number of para-hydroxylation sites is 1. The Kier molecular flexibility index (Phi) is 8.15. The number of aryl methyl sites for hydroxylation is 1. The number of imidazole rings is 1. The smallest absolute Gasteiger partial charge is 0.320 e. The van der Waals surface area contributed by atoms with E-state index < -0.39 is 5.97 Å². The molecule has 1 aromatic carbocycles. The van der Waals surface area contributed by atoms with Crippen LogP contribution in [0.3, 0.4) is 0 Å². The van der Waals surface area contributed by atoms with Gasteiger partial charge in [0, 0.05) is 24.0 Å². The SMILES string of the molecule is CC(C(=O)O)N(C)C.Cc1ncc[nH]1.c1ccc2ncccc2c1. The first-order valence-corrected chi connectivity index (χ1v) is 7.56. The zero-order valence-electron chi connectivity index (χ0n) is 14.5. The van der Waals surface area contributed by atoms with Crippen LogP contribution in [0.25, 0.3) is 10.9 Å². The number of benzene rings is 1. The Morgan fingerprint density at radius 3 is 2.21 bits per heavy atom. The van der Waals surface area contributed by atoms with Gasteiger partial charge in [0.05, 0.1) is 5.52 Å². The van der Waals surface area contributed by atoms with Crippen molar-refractivity contribution >= 4 is 16.9 Å². The second kappa shape index (κ2) is 10.1. The lowest BCUT2D eigenvalue weighted by atomic mass is 10.2. The summed E-state index contributed by atoms with van der Waals surface area (Å²) < 4.78 is 0. The number of rotatable bonds is 2. The average molecular weight is 328 g/mol. The molecule has 6 heteroatoms. The van der Waals surface area contributed by atoms with Crippen molar-refractivity contribution in [1.29, 1.82) is 0 Å². The van der Waals surface area contributed by atoms with E-state index in [2.05, 4.69) is 27.1 Å². The minimum atomic E-state index is -0.782. The van der Waals surface area contributed by atoms with Gasteiger partial charge < -0.3 is 10.1 Å². The molecule has 0 saturated carbocycles. The van der Waals surface area contributed by atoms with Crippen LogP contribution in [0.5, 0.6) is 0 Å². The molecule has 2 aromatic heterocycles. The van der Waals surface area contributed by atoms with Crippen LogP contribution in [0, 0.1) is 6.92 Å². The number of hydrogen-bond donors (Lipinski definition) is 2. The lowest BCUT2D eigenvalue weighted by Gasteiger charge is -2.13. The first-order chi connectivity index (χ1) is 11.4. The third kappa shape index (κ3) is 7.02. The molecule has 0 amide bonds. The number of aromatic nitrogens is 3. The monoisotopic (exact) mass is 328 g/mol. The standard InChI is InChI=1S/C9H7N.C5H11NO2.C4H6N2/c1-2-6-9-8(4-1)5-3-7-10-9;1-4(5(7)8)6(2)3;1-4-5-2-3-6-4/h1-7H;4H,1-3H3,(H,7,8);2-3H,1H3,(H,5,6). The molecular formula is C18H24N4O2. The number of nitrogens with zero attached hydrogens (tertiary/aromatic N) is 3. The van der Waals surface area contributed by atoms with Gasteiger partial charge in [0.1, 0.15) is 11.9 Å². The van der Waals surface area contributed by atoms with Gasteiger partial charge in [0.2, 0.25) is 0 Å². The molecule has 6 nitrogen and oxygen atoms in total. The van der Waals surface area contributed by atoms with E-state index in [0.717, 1.165) is 11.3 Å². The molecule has 0 radical (unpaired) electrons. The highest BCUT2D eigenvalue weighted by molar-refractivity contribution is 5.77.